The number of carbonyl (C=O) groups excluding carboxylic acids is 1. The van der Waals surface area contributed by atoms with Crippen LogP contribution >= 0.6 is 0 Å². The Morgan fingerprint density at radius 3 is 0.881 bits per heavy atom. The van der Waals surface area contributed by atoms with Crippen LogP contribution in [0.3, 0.4) is 0 Å². The van der Waals surface area contributed by atoms with Crippen molar-refractivity contribution in [2.24, 2.45) is 0 Å². The van der Waals surface area contributed by atoms with Crippen molar-refractivity contribution in [3.8, 4) is 0 Å². The van der Waals surface area contributed by atoms with Gasteiger partial charge in [-0.05, 0) is 12.8 Å². The summed E-state index contributed by atoms with van der Waals surface area (Å²) < 4.78 is 11.2. The zero-order valence-electron chi connectivity index (χ0n) is 55.7. The van der Waals surface area contributed by atoms with Gasteiger partial charge in [-0.15, -0.1) is 0 Å². The first-order chi connectivity index (χ1) is 41.2. The Morgan fingerprint density at radius 2 is 0.619 bits per heavy atom. The third-order valence-corrected chi connectivity index (χ3v) is 18.7. The number of ether oxygens (including phenoxy) is 2. The van der Waals surface area contributed by atoms with Crippen LogP contribution in [0.4, 0.5) is 0 Å². The van der Waals surface area contributed by atoms with E-state index in [0.717, 1.165) is 38.5 Å². The summed E-state index contributed by atoms with van der Waals surface area (Å²) in [6.45, 7) is 3.54. The average Bonchev–Trinajstić information content (AvgIpc) is 3.69. The van der Waals surface area contributed by atoms with Crippen LogP contribution < -0.4 is 5.32 Å². The van der Waals surface area contributed by atoms with Crippen LogP contribution in [-0.2, 0) is 14.3 Å². The summed E-state index contributed by atoms with van der Waals surface area (Å²) in [6.07, 6.45) is 64.9. The maximum Gasteiger partial charge on any atom is 0.249 e. The van der Waals surface area contributed by atoms with Crippen molar-refractivity contribution in [2.45, 2.75) is 448 Å². The number of rotatable bonds is 67. The van der Waals surface area contributed by atoms with E-state index in [1.54, 1.807) is 0 Å². The average molecular weight is 1200 g/mol. The first-order valence-corrected chi connectivity index (χ1v) is 37.4. The topological polar surface area (TPSA) is 189 Å². The van der Waals surface area contributed by atoms with Crippen molar-refractivity contribution in [3.63, 3.8) is 0 Å². The van der Waals surface area contributed by atoms with Crippen LogP contribution in [-0.4, -0.2) is 110 Å². The summed E-state index contributed by atoms with van der Waals surface area (Å²) in [5.41, 5.74) is 0. The lowest BCUT2D eigenvalue weighted by Gasteiger charge is -2.40. The molecule has 1 saturated heterocycles. The molecule has 0 aliphatic carbocycles. The van der Waals surface area contributed by atoms with Gasteiger partial charge in [-0.25, -0.2) is 0 Å². The van der Waals surface area contributed by atoms with Crippen molar-refractivity contribution < 1.29 is 50.0 Å². The summed E-state index contributed by atoms with van der Waals surface area (Å²) in [4.78, 5) is 13.3. The highest BCUT2D eigenvalue weighted by atomic mass is 16.7. The Balaban J connectivity index is 2.15. The monoisotopic (exact) mass is 1200 g/mol. The largest absolute Gasteiger partial charge is 0.394 e. The Morgan fingerprint density at radius 1 is 0.369 bits per heavy atom. The molecule has 0 aromatic rings. The molecule has 11 heteroatoms. The molecule has 502 valence electrons. The third kappa shape index (κ3) is 49.0. The lowest BCUT2D eigenvalue weighted by Crippen LogP contribution is -2.60. The first-order valence-electron chi connectivity index (χ1n) is 37.4. The number of unbranched alkanes of at least 4 members (excludes halogenated alkanes) is 55. The number of aliphatic hydroxyl groups is 7. The van der Waals surface area contributed by atoms with Crippen molar-refractivity contribution in [2.75, 3.05) is 13.2 Å². The lowest BCUT2D eigenvalue weighted by molar-refractivity contribution is -0.303. The minimum absolute atomic E-state index is 0.268. The Bertz CT molecular complexity index is 1330. The number of nitrogens with one attached hydrogen (secondary N) is 1. The molecule has 8 N–H and O–H groups in total. The van der Waals surface area contributed by atoms with Gasteiger partial charge in [0.15, 0.2) is 6.29 Å². The number of amides is 1. The van der Waals surface area contributed by atoms with E-state index in [1.165, 1.54) is 315 Å². The zero-order chi connectivity index (χ0) is 61.0. The Hall–Kier alpha value is -0.890. The molecule has 9 unspecified atom stereocenters. The summed E-state index contributed by atoms with van der Waals surface area (Å²) in [5, 5.41) is 76.6. The fourth-order valence-corrected chi connectivity index (χ4v) is 12.7. The van der Waals surface area contributed by atoms with E-state index in [2.05, 4.69) is 19.2 Å². The van der Waals surface area contributed by atoms with Gasteiger partial charge in [-0.1, -0.05) is 380 Å². The van der Waals surface area contributed by atoms with Crippen LogP contribution in [0.15, 0.2) is 0 Å². The summed E-state index contributed by atoms with van der Waals surface area (Å²) in [5.74, 6) is -0.686. The van der Waals surface area contributed by atoms with Gasteiger partial charge >= 0.3 is 0 Å². The smallest absolute Gasteiger partial charge is 0.249 e. The van der Waals surface area contributed by atoms with E-state index in [-0.39, 0.29) is 6.42 Å². The van der Waals surface area contributed by atoms with E-state index in [1.807, 2.05) is 0 Å². The summed E-state index contributed by atoms with van der Waals surface area (Å²) >= 11 is 0. The van der Waals surface area contributed by atoms with Crippen molar-refractivity contribution in [1.82, 2.24) is 5.32 Å². The van der Waals surface area contributed by atoms with Crippen LogP contribution in [0.25, 0.3) is 0 Å². The van der Waals surface area contributed by atoms with Crippen LogP contribution in [0.5, 0.6) is 0 Å². The van der Waals surface area contributed by atoms with Crippen LogP contribution in [0.1, 0.15) is 393 Å². The number of hydrogen-bond donors (Lipinski definition) is 8. The molecule has 0 radical (unpaired) electrons. The van der Waals surface area contributed by atoms with Crippen molar-refractivity contribution >= 4 is 5.91 Å². The molecule has 1 heterocycles. The molecule has 0 aromatic heterocycles. The van der Waals surface area contributed by atoms with E-state index in [4.69, 9.17) is 9.47 Å². The molecular weight excluding hydrogens is 1050 g/mol. The summed E-state index contributed by atoms with van der Waals surface area (Å²) in [7, 11) is 0. The fraction of sp³-hybridized carbons (Fsp3) is 0.986. The highest BCUT2D eigenvalue weighted by Gasteiger charge is 2.44. The second-order valence-electron chi connectivity index (χ2n) is 26.7. The minimum atomic E-state index is -1.66. The molecular formula is C73H145NO10. The molecule has 0 saturated carbocycles. The predicted molar refractivity (Wildman–Crippen MR) is 353 cm³/mol. The maximum atomic E-state index is 13.3. The van der Waals surface area contributed by atoms with E-state index >= 15 is 0 Å². The Kier molecular flexibility index (Phi) is 60.2. The van der Waals surface area contributed by atoms with Gasteiger partial charge in [0.1, 0.15) is 36.6 Å². The molecule has 1 aliphatic heterocycles. The van der Waals surface area contributed by atoms with E-state index in [0.29, 0.717) is 19.3 Å². The number of carbonyl (C=O) groups is 1. The van der Waals surface area contributed by atoms with E-state index < -0.39 is 74.2 Å². The van der Waals surface area contributed by atoms with Crippen LogP contribution in [0, 0.1) is 0 Å². The van der Waals surface area contributed by atoms with Gasteiger partial charge in [0.25, 0.3) is 0 Å². The van der Waals surface area contributed by atoms with Crippen LogP contribution in [0.2, 0.25) is 0 Å². The van der Waals surface area contributed by atoms with Gasteiger partial charge in [0, 0.05) is 0 Å². The number of hydrogen-bond acceptors (Lipinski definition) is 10. The second kappa shape index (κ2) is 62.3. The quantitative estimate of drug-likeness (QED) is 0.0272. The summed E-state index contributed by atoms with van der Waals surface area (Å²) in [6, 6.07) is -1.16. The van der Waals surface area contributed by atoms with Gasteiger partial charge < -0.3 is 50.5 Å². The maximum absolute atomic E-state index is 13.3. The third-order valence-electron chi connectivity index (χ3n) is 18.7. The van der Waals surface area contributed by atoms with Gasteiger partial charge in [0.05, 0.1) is 25.4 Å². The molecule has 0 bridgehead atoms. The first kappa shape index (κ1) is 81.1. The molecule has 1 amide bonds. The van der Waals surface area contributed by atoms with Crippen molar-refractivity contribution in [1.29, 1.82) is 0 Å². The minimum Gasteiger partial charge on any atom is -0.394 e. The molecule has 11 nitrogen and oxygen atoms in total. The highest BCUT2D eigenvalue weighted by molar-refractivity contribution is 5.80. The molecule has 1 rings (SSSR count). The van der Waals surface area contributed by atoms with Gasteiger partial charge in [-0.3, -0.25) is 4.79 Å². The zero-order valence-corrected chi connectivity index (χ0v) is 55.7. The Labute approximate surface area is 520 Å². The van der Waals surface area contributed by atoms with Crippen molar-refractivity contribution in [3.05, 3.63) is 0 Å². The predicted octanol–water partition coefficient (Wildman–Crippen LogP) is 18.4. The lowest BCUT2D eigenvalue weighted by atomic mass is 9.98. The standard InChI is InChI=1S/C73H145NO10/c1-3-5-7-9-11-13-15-17-19-21-23-25-27-29-30-31-32-33-34-35-37-39-41-43-45-47-49-51-53-55-57-59-61-66(77)72(82)74-64(63-83-73-71(81)70(80)69(79)67(62-75)84-73)68(78)65(76)60-58-56-54-52-50-48-46-44-42-40-38-36-28-26-24-22-20-18-16-14-12-10-8-6-4-2/h64-71,73,75-81H,3-63H2,1-2H3,(H,74,82). The number of aliphatic hydroxyl groups excluding tert-OH is 7. The molecule has 1 aliphatic rings. The molecule has 0 aromatic carbocycles. The molecule has 1 fully saturated rings. The van der Waals surface area contributed by atoms with E-state index in [9.17, 15) is 40.5 Å². The van der Waals surface area contributed by atoms with Gasteiger partial charge in [-0.2, -0.15) is 0 Å². The highest BCUT2D eigenvalue weighted by Crippen LogP contribution is 2.24. The van der Waals surface area contributed by atoms with Gasteiger partial charge in [0.2, 0.25) is 5.91 Å². The molecule has 0 spiro atoms. The molecule has 84 heavy (non-hydrogen) atoms. The normalized spacial score (nSPS) is 18.8. The SMILES string of the molecule is CCCCCCCCCCCCCCCCCCCCCCCCCCCCCCCCCCC(O)C(=O)NC(COC1OC(CO)C(O)C(O)C1O)C(O)C(O)CCCCCCCCCCCCCCCCCCCCCCCCCCC. The fourth-order valence-electron chi connectivity index (χ4n) is 12.7. The molecule has 9 atom stereocenters. The second-order valence-corrected chi connectivity index (χ2v) is 26.7.